The molecular formula is C14H12Cl2N2O4. The second kappa shape index (κ2) is 7.72. The summed E-state index contributed by atoms with van der Waals surface area (Å²) >= 11 is 11.6. The highest BCUT2D eigenvalue weighted by Crippen LogP contribution is 2.26. The van der Waals surface area contributed by atoms with Crippen molar-refractivity contribution in [2.24, 2.45) is 0 Å². The number of carbonyl (C=O) groups is 2. The second-order valence-corrected chi connectivity index (χ2v) is 4.99. The fourth-order valence-electron chi connectivity index (χ4n) is 1.50. The van der Waals surface area contributed by atoms with Gasteiger partial charge in [0.2, 0.25) is 0 Å². The quantitative estimate of drug-likeness (QED) is 0.875. The number of ether oxygens (including phenoxy) is 1. The minimum atomic E-state index is -0.640. The Kier molecular flexibility index (Phi) is 5.68. The van der Waals surface area contributed by atoms with Gasteiger partial charge in [0.1, 0.15) is 11.5 Å². The lowest BCUT2D eigenvalue weighted by Crippen LogP contribution is -2.41. The third-order valence-corrected chi connectivity index (χ3v) is 3.26. The fourth-order valence-corrected chi connectivity index (χ4v) is 1.79. The van der Waals surface area contributed by atoms with Crippen molar-refractivity contribution in [1.82, 2.24) is 10.6 Å². The van der Waals surface area contributed by atoms with Crippen LogP contribution in [0.5, 0.6) is 5.75 Å². The average molecular weight is 343 g/mol. The van der Waals surface area contributed by atoms with Gasteiger partial charge in [-0.25, -0.2) is 4.79 Å². The SMILES string of the molecule is O=C(COc1ccc(Cl)c(Cl)c1)NC(=O)NCc1ccco1. The summed E-state index contributed by atoms with van der Waals surface area (Å²) in [5.74, 6) is 0.359. The number of hydrogen-bond acceptors (Lipinski definition) is 4. The van der Waals surface area contributed by atoms with Crippen LogP contribution in [0.3, 0.4) is 0 Å². The van der Waals surface area contributed by atoms with Crippen molar-refractivity contribution in [2.75, 3.05) is 6.61 Å². The maximum atomic E-state index is 11.6. The standard InChI is InChI=1S/C14H12Cl2N2O4/c15-11-4-3-9(6-12(11)16)22-8-13(19)18-14(20)17-7-10-2-1-5-21-10/h1-6H,7-8H2,(H2,17,18,19,20). The van der Waals surface area contributed by atoms with Crippen LogP contribution < -0.4 is 15.4 Å². The molecule has 0 unspecified atom stereocenters. The Hall–Kier alpha value is -2.18. The van der Waals surface area contributed by atoms with Crippen LogP contribution in [0.25, 0.3) is 0 Å². The second-order valence-electron chi connectivity index (χ2n) is 4.17. The van der Waals surface area contributed by atoms with E-state index in [-0.39, 0.29) is 13.2 Å². The molecule has 2 rings (SSSR count). The van der Waals surface area contributed by atoms with Crippen molar-refractivity contribution in [3.63, 3.8) is 0 Å². The molecule has 2 aromatic rings. The van der Waals surface area contributed by atoms with E-state index in [9.17, 15) is 9.59 Å². The summed E-state index contributed by atoms with van der Waals surface area (Å²) < 4.78 is 10.2. The predicted molar refractivity (Wildman–Crippen MR) is 81.0 cm³/mol. The maximum absolute atomic E-state index is 11.6. The van der Waals surface area contributed by atoms with E-state index in [1.165, 1.54) is 12.3 Å². The summed E-state index contributed by atoms with van der Waals surface area (Å²) in [5.41, 5.74) is 0. The third-order valence-electron chi connectivity index (χ3n) is 2.52. The molecule has 3 amide bonds. The largest absolute Gasteiger partial charge is 0.484 e. The smallest absolute Gasteiger partial charge is 0.321 e. The summed E-state index contributed by atoms with van der Waals surface area (Å²) in [7, 11) is 0. The van der Waals surface area contributed by atoms with E-state index in [1.807, 2.05) is 0 Å². The van der Waals surface area contributed by atoms with E-state index in [4.69, 9.17) is 32.4 Å². The minimum Gasteiger partial charge on any atom is -0.484 e. The van der Waals surface area contributed by atoms with E-state index in [0.29, 0.717) is 21.6 Å². The van der Waals surface area contributed by atoms with Crippen molar-refractivity contribution >= 4 is 35.1 Å². The Morgan fingerprint density at radius 2 is 2.00 bits per heavy atom. The van der Waals surface area contributed by atoms with Gasteiger partial charge in [0, 0.05) is 6.07 Å². The fraction of sp³-hybridized carbons (Fsp3) is 0.143. The minimum absolute atomic E-state index is 0.180. The van der Waals surface area contributed by atoms with Crippen LogP contribution in [0.15, 0.2) is 41.0 Å². The summed E-state index contributed by atoms with van der Waals surface area (Å²) in [6, 6.07) is 7.36. The van der Waals surface area contributed by atoms with Gasteiger partial charge >= 0.3 is 6.03 Å². The monoisotopic (exact) mass is 342 g/mol. The van der Waals surface area contributed by atoms with E-state index in [2.05, 4.69) is 10.6 Å². The van der Waals surface area contributed by atoms with Crippen LogP contribution in [0.4, 0.5) is 4.79 Å². The van der Waals surface area contributed by atoms with Crippen molar-refractivity contribution in [3.8, 4) is 5.75 Å². The zero-order valence-corrected chi connectivity index (χ0v) is 12.8. The number of nitrogens with one attached hydrogen (secondary N) is 2. The molecule has 0 atom stereocenters. The van der Waals surface area contributed by atoms with Crippen LogP contribution in [-0.4, -0.2) is 18.5 Å². The summed E-state index contributed by atoms with van der Waals surface area (Å²) in [5, 5.41) is 5.30. The maximum Gasteiger partial charge on any atom is 0.321 e. The van der Waals surface area contributed by atoms with Crippen LogP contribution in [-0.2, 0) is 11.3 Å². The van der Waals surface area contributed by atoms with Crippen molar-refractivity contribution in [3.05, 3.63) is 52.4 Å². The Labute approximate surface area is 136 Å². The number of rotatable bonds is 5. The molecule has 116 valence electrons. The van der Waals surface area contributed by atoms with Crippen molar-refractivity contribution in [1.29, 1.82) is 0 Å². The van der Waals surface area contributed by atoms with Crippen LogP contribution in [0, 0.1) is 0 Å². The van der Waals surface area contributed by atoms with Gasteiger partial charge in [0.15, 0.2) is 6.61 Å². The summed E-state index contributed by atoms with van der Waals surface area (Å²) in [4.78, 5) is 23.0. The van der Waals surface area contributed by atoms with Gasteiger partial charge in [0.05, 0.1) is 22.9 Å². The topological polar surface area (TPSA) is 80.6 Å². The molecule has 0 spiro atoms. The molecule has 8 heteroatoms. The first kappa shape index (κ1) is 16.2. The number of amides is 3. The molecule has 0 aliphatic rings. The van der Waals surface area contributed by atoms with Gasteiger partial charge in [-0.05, 0) is 24.3 Å². The molecule has 1 aromatic carbocycles. The number of urea groups is 1. The molecule has 1 aromatic heterocycles. The zero-order valence-electron chi connectivity index (χ0n) is 11.3. The summed E-state index contributed by atoms with van der Waals surface area (Å²) in [6.07, 6.45) is 1.49. The van der Waals surface area contributed by atoms with E-state index >= 15 is 0 Å². The Balaban J connectivity index is 1.72. The first-order valence-electron chi connectivity index (χ1n) is 6.22. The van der Waals surface area contributed by atoms with E-state index in [0.717, 1.165) is 0 Å². The Morgan fingerprint density at radius 3 is 2.68 bits per heavy atom. The predicted octanol–water partition coefficient (Wildman–Crippen LogP) is 2.99. The van der Waals surface area contributed by atoms with E-state index < -0.39 is 11.9 Å². The number of hydrogen-bond donors (Lipinski definition) is 2. The van der Waals surface area contributed by atoms with Crippen molar-refractivity contribution in [2.45, 2.75) is 6.54 Å². The molecular weight excluding hydrogens is 331 g/mol. The van der Waals surface area contributed by atoms with Gasteiger partial charge in [0.25, 0.3) is 5.91 Å². The number of benzene rings is 1. The Morgan fingerprint density at radius 1 is 1.18 bits per heavy atom. The lowest BCUT2D eigenvalue weighted by molar-refractivity contribution is -0.122. The number of carbonyl (C=O) groups excluding carboxylic acids is 2. The molecule has 0 fully saturated rings. The number of halogens is 2. The molecule has 0 aliphatic heterocycles. The lowest BCUT2D eigenvalue weighted by atomic mass is 10.3. The summed E-state index contributed by atoms with van der Waals surface area (Å²) in [6.45, 7) is -0.147. The zero-order chi connectivity index (χ0) is 15.9. The molecule has 0 saturated carbocycles. The van der Waals surface area contributed by atoms with E-state index in [1.54, 1.807) is 24.3 Å². The molecule has 0 aliphatic carbocycles. The van der Waals surface area contributed by atoms with Gasteiger partial charge < -0.3 is 14.5 Å². The van der Waals surface area contributed by atoms with Gasteiger partial charge in [-0.2, -0.15) is 0 Å². The highest BCUT2D eigenvalue weighted by atomic mass is 35.5. The van der Waals surface area contributed by atoms with Crippen LogP contribution >= 0.6 is 23.2 Å². The third kappa shape index (κ3) is 4.98. The van der Waals surface area contributed by atoms with Gasteiger partial charge in [-0.1, -0.05) is 23.2 Å². The van der Waals surface area contributed by atoms with Gasteiger partial charge in [-0.15, -0.1) is 0 Å². The van der Waals surface area contributed by atoms with Crippen LogP contribution in [0.1, 0.15) is 5.76 Å². The first-order chi connectivity index (χ1) is 10.5. The lowest BCUT2D eigenvalue weighted by Gasteiger charge is -2.08. The van der Waals surface area contributed by atoms with Crippen molar-refractivity contribution < 1.29 is 18.7 Å². The number of imide groups is 1. The van der Waals surface area contributed by atoms with Crippen LogP contribution in [0.2, 0.25) is 10.0 Å². The molecule has 2 N–H and O–H groups in total. The normalized spacial score (nSPS) is 10.1. The first-order valence-corrected chi connectivity index (χ1v) is 6.98. The molecule has 22 heavy (non-hydrogen) atoms. The highest BCUT2D eigenvalue weighted by molar-refractivity contribution is 6.42. The average Bonchev–Trinajstić information content (AvgIpc) is 3.00. The highest BCUT2D eigenvalue weighted by Gasteiger charge is 2.09. The molecule has 0 radical (unpaired) electrons. The number of furan rings is 1. The molecule has 1 heterocycles. The Bertz CT molecular complexity index is 659. The van der Waals surface area contributed by atoms with Gasteiger partial charge in [-0.3, -0.25) is 10.1 Å². The molecule has 0 saturated heterocycles. The molecule has 6 nitrogen and oxygen atoms in total. The molecule has 0 bridgehead atoms.